The van der Waals surface area contributed by atoms with Gasteiger partial charge in [-0.1, -0.05) is 12.1 Å². The zero-order valence-corrected chi connectivity index (χ0v) is 15.6. The molecule has 1 aromatic rings. The Balaban J connectivity index is 1.41. The van der Waals surface area contributed by atoms with Crippen LogP contribution in [0.2, 0.25) is 0 Å². The van der Waals surface area contributed by atoms with Crippen LogP contribution in [0.15, 0.2) is 24.3 Å². The first kappa shape index (κ1) is 16.6. The molecule has 0 radical (unpaired) electrons. The SMILES string of the molecule is O=C1CSC(c2cccc([N+](=O)[O-])c2)N1CC12CC3CC(CC(C3)C1)C2. The van der Waals surface area contributed by atoms with E-state index in [9.17, 15) is 14.9 Å². The van der Waals surface area contributed by atoms with Crippen LogP contribution in [0.5, 0.6) is 0 Å². The second-order valence-electron chi connectivity index (χ2n) is 8.95. The predicted molar refractivity (Wildman–Crippen MR) is 101 cm³/mol. The minimum atomic E-state index is -0.353. The van der Waals surface area contributed by atoms with Crippen LogP contribution in [-0.2, 0) is 4.79 Å². The highest BCUT2D eigenvalue weighted by Crippen LogP contribution is 2.61. The van der Waals surface area contributed by atoms with Gasteiger partial charge in [-0.2, -0.15) is 0 Å². The highest BCUT2D eigenvalue weighted by atomic mass is 32.2. The Kier molecular flexibility index (Phi) is 3.82. The molecular weight excluding hydrogens is 348 g/mol. The van der Waals surface area contributed by atoms with Crippen molar-refractivity contribution < 1.29 is 9.72 Å². The second-order valence-corrected chi connectivity index (χ2v) is 10.0. The van der Waals surface area contributed by atoms with E-state index in [1.807, 2.05) is 11.0 Å². The lowest BCUT2D eigenvalue weighted by Gasteiger charge is -2.58. The van der Waals surface area contributed by atoms with Gasteiger partial charge in [-0.15, -0.1) is 11.8 Å². The first-order valence-electron chi connectivity index (χ1n) is 9.67. The van der Waals surface area contributed by atoms with E-state index in [-0.39, 0.29) is 21.9 Å². The van der Waals surface area contributed by atoms with Gasteiger partial charge in [0.05, 0.1) is 10.7 Å². The minimum absolute atomic E-state index is 0.0737. The third-order valence-electron chi connectivity index (χ3n) is 7.01. The number of amides is 1. The average molecular weight is 372 g/mol. The topological polar surface area (TPSA) is 63.4 Å². The highest BCUT2D eigenvalue weighted by molar-refractivity contribution is 8.00. The number of thioether (sulfide) groups is 1. The van der Waals surface area contributed by atoms with Crippen LogP contribution in [0.25, 0.3) is 0 Å². The molecular formula is C20H24N2O3S. The van der Waals surface area contributed by atoms with Crippen molar-refractivity contribution in [3.05, 3.63) is 39.9 Å². The van der Waals surface area contributed by atoms with E-state index >= 15 is 0 Å². The molecule has 0 N–H and O–H groups in total. The Morgan fingerprint density at radius 3 is 2.42 bits per heavy atom. The number of rotatable bonds is 4. The fourth-order valence-electron chi connectivity index (χ4n) is 6.54. The molecule has 1 amide bonds. The van der Waals surface area contributed by atoms with Gasteiger partial charge in [0.25, 0.3) is 5.69 Å². The van der Waals surface area contributed by atoms with E-state index in [1.54, 1.807) is 23.9 Å². The first-order chi connectivity index (χ1) is 12.5. The summed E-state index contributed by atoms with van der Waals surface area (Å²) in [6.07, 6.45) is 8.02. The quantitative estimate of drug-likeness (QED) is 0.581. The van der Waals surface area contributed by atoms with Crippen molar-refractivity contribution in [1.29, 1.82) is 0 Å². The van der Waals surface area contributed by atoms with Crippen LogP contribution in [0.1, 0.15) is 49.5 Å². The largest absolute Gasteiger partial charge is 0.325 e. The number of hydrogen-bond donors (Lipinski definition) is 0. The summed E-state index contributed by atoms with van der Waals surface area (Å²) in [7, 11) is 0. The molecule has 26 heavy (non-hydrogen) atoms. The van der Waals surface area contributed by atoms with Crippen molar-refractivity contribution in [3.8, 4) is 0 Å². The molecule has 6 rings (SSSR count). The first-order valence-corrected chi connectivity index (χ1v) is 10.7. The van der Waals surface area contributed by atoms with Gasteiger partial charge in [0, 0.05) is 18.7 Å². The molecule has 4 saturated carbocycles. The molecule has 5 aliphatic rings. The molecule has 5 nitrogen and oxygen atoms in total. The molecule has 1 heterocycles. The van der Waals surface area contributed by atoms with Crippen molar-refractivity contribution in [2.24, 2.45) is 23.2 Å². The standard InChI is InChI=1S/C20H24N2O3S/c23-18-11-26-19(16-2-1-3-17(7-16)22(24)25)21(18)12-20-8-13-4-14(9-20)6-15(5-13)10-20/h1-3,7,13-15,19H,4-6,8-12H2. The number of hydrogen-bond acceptors (Lipinski definition) is 4. The summed E-state index contributed by atoms with van der Waals surface area (Å²) in [5, 5.41) is 11.1. The highest BCUT2D eigenvalue weighted by Gasteiger charge is 2.52. The summed E-state index contributed by atoms with van der Waals surface area (Å²) < 4.78 is 0. The lowest BCUT2D eigenvalue weighted by molar-refractivity contribution is -0.384. The molecule has 0 aromatic heterocycles. The van der Waals surface area contributed by atoms with Crippen LogP contribution >= 0.6 is 11.8 Å². The summed E-state index contributed by atoms with van der Waals surface area (Å²) >= 11 is 1.61. The van der Waals surface area contributed by atoms with E-state index in [4.69, 9.17) is 0 Å². The van der Waals surface area contributed by atoms with E-state index in [1.165, 1.54) is 44.6 Å². The van der Waals surface area contributed by atoms with Crippen LogP contribution < -0.4 is 0 Å². The minimum Gasteiger partial charge on any atom is -0.325 e. The molecule has 1 aromatic carbocycles. The van der Waals surface area contributed by atoms with Gasteiger partial charge in [0.1, 0.15) is 5.37 Å². The molecule has 1 saturated heterocycles. The maximum Gasteiger partial charge on any atom is 0.269 e. The zero-order chi connectivity index (χ0) is 17.9. The molecule has 4 aliphatic carbocycles. The number of nitrogens with zero attached hydrogens (tertiary/aromatic N) is 2. The van der Waals surface area contributed by atoms with E-state index in [0.717, 1.165) is 29.9 Å². The van der Waals surface area contributed by atoms with Crippen molar-refractivity contribution in [3.63, 3.8) is 0 Å². The summed E-state index contributed by atoms with van der Waals surface area (Å²) in [5.74, 6) is 3.27. The van der Waals surface area contributed by atoms with Gasteiger partial charge in [0.15, 0.2) is 0 Å². The Labute approximate surface area is 157 Å². The van der Waals surface area contributed by atoms with Gasteiger partial charge in [-0.3, -0.25) is 14.9 Å². The van der Waals surface area contributed by atoms with Crippen molar-refractivity contribution >= 4 is 23.4 Å². The fourth-order valence-corrected chi connectivity index (χ4v) is 7.72. The maximum atomic E-state index is 12.7. The van der Waals surface area contributed by atoms with Crippen LogP contribution in [-0.4, -0.2) is 28.0 Å². The number of nitro benzene ring substituents is 1. The van der Waals surface area contributed by atoms with Gasteiger partial charge >= 0.3 is 0 Å². The van der Waals surface area contributed by atoms with Crippen molar-refractivity contribution in [2.75, 3.05) is 12.3 Å². The van der Waals surface area contributed by atoms with Gasteiger partial charge in [0.2, 0.25) is 5.91 Å². The summed E-state index contributed by atoms with van der Waals surface area (Å²) in [5.41, 5.74) is 1.30. The number of nitro groups is 1. The monoisotopic (exact) mass is 372 g/mol. The Morgan fingerprint density at radius 2 is 1.81 bits per heavy atom. The lowest BCUT2D eigenvalue weighted by atomic mass is 9.49. The van der Waals surface area contributed by atoms with E-state index < -0.39 is 0 Å². The summed E-state index contributed by atoms with van der Waals surface area (Å²) in [4.78, 5) is 25.5. The van der Waals surface area contributed by atoms with Crippen molar-refractivity contribution in [1.82, 2.24) is 4.90 Å². The zero-order valence-electron chi connectivity index (χ0n) is 14.8. The van der Waals surface area contributed by atoms with Gasteiger partial charge < -0.3 is 4.90 Å². The number of carbonyl (C=O) groups is 1. The molecule has 1 aliphatic heterocycles. The van der Waals surface area contributed by atoms with Gasteiger partial charge in [-0.05, 0) is 67.3 Å². The molecule has 4 bridgehead atoms. The van der Waals surface area contributed by atoms with E-state index in [0.29, 0.717) is 11.2 Å². The van der Waals surface area contributed by atoms with E-state index in [2.05, 4.69) is 0 Å². The number of non-ortho nitro benzene ring substituents is 1. The normalized spacial score (nSPS) is 38.2. The number of benzene rings is 1. The van der Waals surface area contributed by atoms with Crippen LogP contribution in [0, 0.1) is 33.3 Å². The predicted octanol–water partition coefficient (Wildman–Crippen LogP) is 4.39. The fraction of sp³-hybridized carbons (Fsp3) is 0.650. The molecule has 1 atom stereocenters. The summed E-state index contributed by atoms with van der Waals surface area (Å²) in [6.45, 7) is 0.843. The molecule has 5 fully saturated rings. The number of carbonyl (C=O) groups excluding carboxylic acids is 1. The Hall–Kier alpha value is -1.56. The Morgan fingerprint density at radius 1 is 1.15 bits per heavy atom. The average Bonchev–Trinajstić information content (AvgIpc) is 2.94. The third kappa shape index (κ3) is 2.73. The summed E-state index contributed by atoms with van der Waals surface area (Å²) in [6, 6.07) is 6.83. The van der Waals surface area contributed by atoms with Crippen LogP contribution in [0.4, 0.5) is 5.69 Å². The Bertz CT molecular complexity index is 730. The van der Waals surface area contributed by atoms with Crippen LogP contribution in [0.3, 0.4) is 0 Å². The second kappa shape index (κ2) is 5.98. The third-order valence-corrected chi connectivity index (χ3v) is 8.26. The molecule has 0 spiro atoms. The maximum absolute atomic E-state index is 12.7. The molecule has 138 valence electrons. The smallest absolute Gasteiger partial charge is 0.269 e. The molecule has 1 unspecified atom stereocenters. The van der Waals surface area contributed by atoms with Crippen molar-refractivity contribution in [2.45, 2.75) is 43.9 Å². The van der Waals surface area contributed by atoms with Gasteiger partial charge in [-0.25, -0.2) is 0 Å². The lowest BCUT2D eigenvalue weighted by Crippen LogP contribution is -2.51. The molecule has 6 heteroatoms.